The number of phenols is 2. The molecule has 2 aromatic carbocycles. The van der Waals surface area contributed by atoms with Gasteiger partial charge in [0.05, 0.1) is 12.7 Å². The predicted molar refractivity (Wildman–Crippen MR) is 96.9 cm³/mol. The number of carbonyl (C=O) groups excluding carboxylic acids is 1. The molecular formula is C20H21NO6. The molecule has 0 aliphatic carbocycles. The Bertz CT molecular complexity index is 910. The molecule has 1 atom stereocenters. The summed E-state index contributed by atoms with van der Waals surface area (Å²) in [5.41, 5.74) is 2.07. The first-order chi connectivity index (χ1) is 13.0. The van der Waals surface area contributed by atoms with Gasteiger partial charge in [0.1, 0.15) is 11.5 Å². The fraction of sp³-hybridized carbons (Fsp3) is 0.350. The van der Waals surface area contributed by atoms with E-state index in [4.69, 9.17) is 14.2 Å². The van der Waals surface area contributed by atoms with E-state index in [1.807, 2.05) is 13.1 Å². The largest absolute Gasteiger partial charge is 0.508 e. The lowest BCUT2D eigenvalue weighted by atomic mass is 9.87. The smallest absolute Gasteiger partial charge is 0.231 e. The van der Waals surface area contributed by atoms with Gasteiger partial charge in [0.15, 0.2) is 17.3 Å². The lowest BCUT2D eigenvalue weighted by Crippen LogP contribution is -2.34. The summed E-state index contributed by atoms with van der Waals surface area (Å²) in [4.78, 5) is 15.0. The van der Waals surface area contributed by atoms with Crippen molar-refractivity contribution in [3.05, 3.63) is 41.0 Å². The first-order valence-electron chi connectivity index (χ1n) is 8.74. The minimum atomic E-state index is -0.257. The standard InChI is InChI=1S/C20H21NO6/c1-21-6-5-11-7-17-19(27-10-26-17)20(25-2)18(11)14(21)9-16(24)13-8-12(22)3-4-15(13)23/h3-4,7-8,14,22-23H,5-6,9-10H2,1-2H3. The van der Waals surface area contributed by atoms with E-state index in [-0.39, 0.29) is 42.1 Å². The molecule has 0 bridgehead atoms. The van der Waals surface area contributed by atoms with E-state index in [1.54, 1.807) is 7.11 Å². The van der Waals surface area contributed by atoms with Crippen LogP contribution in [0.5, 0.6) is 28.7 Å². The molecule has 0 fully saturated rings. The first kappa shape index (κ1) is 17.5. The molecule has 4 rings (SSSR count). The summed E-state index contributed by atoms with van der Waals surface area (Å²) in [6.07, 6.45) is 0.942. The van der Waals surface area contributed by atoms with Crippen LogP contribution in [0.15, 0.2) is 24.3 Å². The second-order valence-electron chi connectivity index (χ2n) is 6.79. The summed E-state index contributed by atoms with van der Waals surface area (Å²) in [6, 6.07) is 5.67. The molecule has 0 radical (unpaired) electrons. The molecular weight excluding hydrogens is 350 g/mol. The topological polar surface area (TPSA) is 88.5 Å². The monoisotopic (exact) mass is 371 g/mol. The fourth-order valence-corrected chi connectivity index (χ4v) is 3.82. The lowest BCUT2D eigenvalue weighted by Gasteiger charge is -2.35. The molecule has 7 heteroatoms. The Morgan fingerprint density at radius 1 is 1.30 bits per heavy atom. The zero-order chi connectivity index (χ0) is 19.1. The molecule has 27 heavy (non-hydrogen) atoms. The van der Waals surface area contributed by atoms with E-state index in [2.05, 4.69) is 4.90 Å². The number of rotatable bonds is 4. The third-order valence-electron chi connectivity index (χ3n) is 5.21. The number of ether oxygens (including phenoxy) is 3. The van der Waals surface area contributed by atoms with Crippen molar-refractivity contribution in [2.24, 2.45) is 0 Å². The number of hydrogen-bond donors (Lipinski definition) is 2. The zero-order valence-corrected chi connectivity index (χ0v) is 15.2. The van der Waals surface area contributed by atoms with Gasteiger partial charge >= 0.3 is 0 Å². The highest BCUT2D eigenvalue weighted by atomic mass is 16.7. The van der Waals surface area contributed by atoms with E-state index in [0.717, 1.165) is 24.1 Å². The van der Waals surface area contributed by atoms with Crippen LogP contribution in [-0.4, -0.2) is 48.4 Å². The molecule has 2 aliphatic rings. The summed E-state index contributed by atoms with van der Waals surface area (Å²) in [7, 11) is 3.53. The van der Waals surface area contributed by atoms with Crippen LogP contribution in [0.3, 0.4) is 0 Å². The highest BCUT2D eigenvalue weighted by molar-refractivity contribution is 5.99. The van der Waals surface area contributed by atoms with Crippen LogP contribution in [0.2, 0.25) is 0 Å². The Kier molecular flexibility index (Phi) is 4.31. The highest BCUT2D eigenvalue weighted by Crippen LogP contribution is 2.50. The average Bonchev–Trinajstić information content (AvgIpc) is 3.12. The molecule has 1 unspecified atom stereocenters. The number of benzene rings is 2. The second kappa shape index (κ2) is 6.66. The number of ketones is 1. The van der Waals surface area contributed by atoms with Crippen molar-refractivity contribution in [3.8, 4) is 28.7 Å². The minimum absolute atomic E-state index is 0.0607. The van der Waals surface area contributed by atoms with Gasteiger partial charge < -0.3 is 24.4 Å². The van der Waals surface area contributed by atoms with Crippen molar-refractivity contribution in [1.82, 2.24) is 4.90 Å². The van der Waals surface area contributed by atoms with Crippen LogP contribution in [0.4, 0.5) is 0 Å². The molecule has 2 aliphatic heterocycles. The molecule has 0 aromatic heterocycles. The van der Waals surface area contributed by atoms with Crippen molar-refractivity contribution >= 4 is 5.78 Å². The van der Waals surface area contributed by atoms with E-state index in [9.17, 15) is 15.0 Å². The fourth-order valence-electron chi connectivity index (χ4n) is 3.82. The van der Waals surface area contributed by atoms with Crippen molar-refractivity contribution in [3.63, 3.8) is 0 Å². The maximum atomic E-state index is 12.9. The van der Waals surface area contributed by atoms with Gasteiger partial charge in [0.25, 0.3) is 0 Å². The predicted octanol–water partition coefficient (Wildman–Crippen LogP) is 2.64. The van der Waals surface area contributed by atoms with Gasteiger partial charge in [-0.25, -0.2) is 0 Å². The van der Waals surface area contributed by atoms with E-state index in [0.29, 0.717) is 17.2 Å². The van der Waals surface area contributed by atoms with Crippen LogP contribution in [0, 0.1) is 0 Å². The number of hydrogen-bond acceptors (Lipinski definition) is 7. The SMILES string of the molecule is COc1c2c(cc3c1C(CC(=O)c1cc(O)ccc1O)N(C)CC3)OCO2. The number of aromatic hydroxyl groups is 2. The molecule has 0 amide bonds. The van der Waals surface area contributed by atoms with Gasteiger partial charge in [-0.05, 0) is 43.3 Å². The molecule has 0 saturated heterocycles. The van der Waals surface area contributed by atoms with Crippen LogP contribution >= 0.6 is 0 Å². The summed E-state index contributed by atoms with van der Waals surface area (Å²) in [5.74, 6) is 1.34. The van der Waals surface area contributed by atoms with Crippen molar-refractivity contribution in [1.29, 1.82) is 0 Å². The van der Waals surface area contributed by atoms with Crippen LogP contribution in [0.1, 0.15) is 33.9 Å². The molecule has 2 heterocycles. The quantitative estimate of drug-likeness (QED) is 0.631. The van der Waals surface area contributed by atoms with Crippen LogP contribution < -0.4 is 14.2 Å². The Morgan fingerprint density at radius 3 is 2.89 bits per heavy atom. The van der Waals surface area contributed by atoms with E-state index in [1.165, 1.54) is 18.2 Å². The van der Waals surface area contributed by atoms with Crippen LogP contribution in [0.25, 0.3) is 0 Å². The van der Waals surface area contributed by atoms with E-state index >= 15 is 0 Å². The summed E-state index contributed by atoms with van der Waals surface area (Å²) in [6.45, 7) is 0.922. The van der Waals surface area contributed by atoms with Crippen LogP contribution in [-0.2, 0) is 6.42 Å². The Morgan fingerprint density at radius 2 is 2.11 bits per heavy atom. The van der Waals surface area contributed by atoms with E-state index < -0.39 is 0 Å². The normalized spacial score (nSPS) is 18.2. The number of methoxy groups -OCH3 is 1. The van der Waals surface area contributed by atoms with Gasteiger partial charge in [-0.3, -0.25) is 9.69 Å². The van der Waals surface area contributed by atoms with Crippen molar-refractivity contribution < 1.29 is 29.2 Å². The number of fused-ring (bicyclic) bond motifs is 2. The van der Waals surface area contributed by atoms with Crippen molar-refractivity contribution in [2.45, 2.75) is 18.9 Å². The molecule has 2 N–H and O–H groups in total. The molecule has 0 saturated carbocycles. The maximum absolute atomic E-state index is 12.9. The summed E-state index contributed by atoms with van der Waals surface area (Å²) < 4.78 is 16.7. The zero-order valence-electron chi connectivity index (χ0n) is 15.2. The summed E-state index contributed by atoms with van der Waals surface area (Å²) >= 11 is 0. The third kappa shape index (κ3) is 2.94. The second-order valence-corrected chi connectivity index (χ2v) is 6.79. The highest BCUT2D eigenvalue weighted by Gasteiger charge is 2.35. The van der Waals surface area contributed by atoms with Gasteiger partial charge in [0, 0.05) is 24.6 Å². The first-order valence-corrected chi connectivity index (χ1v) is 8.74. The van der Waals surface area contributed by atoms with Gasteiger partial charge in [-0.1, -0.05) is 0 Å². The average molecular weight is 371 g/mol. The minimum Gasteiger partial charge on any atom is -0.508 e. The number of carbonyl (C=O) groups is 1. The molecule has 7 nitrogen and oxygen atoms in total. The number of Topliss-reactive ketones (excluding diaryl/α,β-unsaturated/α-hetero) is 1. The van der Waals surface area contributed by atoms with Gasteiger partial charge in [-0.15, -0.1) is 0 Å². The third-order valence-corrected chi connectivity index (χ3v) is 5.21. The van der Waals surface area contributed by atoms with Crippen molar-refractivity contribution in [2.75, 3.05) is 27.5 Å². The summed E-state index contributed by atoms with van der Waals surface area (Å²) in [5, 5.41) is 19.7. The van der Waals surface area contributed by atoms with Gasteiger partial charge in [-0.2, -0.15) is 0 Å². The molecule has 2 aromatic rings. The molecule has 142 valence electrons. The van der Waals surface area contributed by atoms with Gasteiger partial charge in [0.2, 0.25) is 12.5 Å². The Hall–Kier alpha value is -2.93. The number of nitrogens with zero attached hydrogens (tertiary/aromatic N) is 1. The lowest BCUT2D eigenvalue weighted by molar-refractivity contribution is 0.0922. The Labute approximate surface area is 156 Å². The number of phenolic OH excluding ortho intramolecular Hbond substituents is 2. The number of likely N-dealkylation sites (N-methyl/N-ethyl adjacent to an activating group) is 1. The molecule has 0 spiro atoms. The Balaban J connectivity index is 1.74. The maximum Gasteiger partial charge on any atom is 0.231 e.